The zero-order valence-corrected chi connectivity index (χ0v) is 9.29. The largest absolute Gasteiger partial charge is 0.872 e. The van der Waals surface area contributed by atoms with Gasteiger partial charge < -0.3 is 10.8 Å². The van der Waals surface area contributed by atoms with Crippen LogP contribution in [0.4, 0.5) is 0 Å². The molecule has 0 saturated heterocycles. The smallest absolute Gasteiger partial charge is 0.290 e. The van der Waals surface area contributed by atoms with Gasteiger partial charge in [0.25, 0.3) is 5.96 Å². The zero-order valence-electron chi connectivity index (χ0n) is 9.29. The topological polar surface area (TPSA) is 77.4 Å². The van der Waals surface area contributed by atoms with Crippen LogP contribution in [-0.2, 0) is 0 Å². The van der Waals surface area contributed by atoms with Gasteiger partial charge in [-0.3, -0.25) is 4.90 Å². The van der Waals surface area contributed by atoms with E-state index >= 15 is 0 Å². The van der Waals surface area contributed by atoms with Crippen LogP contribution in [0.3, 0.4) is 0 Å². The highest BCUT2D eigenvalue weighted by Crippen LogP contribution is 1.98. The fourth-order valence-corrected chi connectivity index (χ4v) is 1.05. The molecule has 4 heteroatoms. The van der Waals surface area contributed by atoms with Gasteiger partial charge in [0, 0.05) is 0 Å². The number of hydrogen-bond donors (Lipinski definition) is 3. The van der Waals surface area contributed by atoms with Crippen molar-refractivity contribution in [2.75, 3.05) is 13.1 Å². The van der Waals surface area contributed by atoms with Crippen LogP contribution in [0.2, 0.25) is 0 Å². The zero-order chi connectivity index (χ0) is 11.7. The van der Waals surface area contributed by atoms with Crippen molar-refractivity contribution in [2.24, 2.45) is 5.73 Å². The average molecular weight is 209 g/mol. The lowest BCUT2D eigenvalue weighted by Crippen LogP contribution is -3.15. The predicted octanol–water partition coefficient (Wildman–Crippen LogP) is -0.435. The minimum atomic E-state index is 0.0718. The molecule has 0 atom stereocenters. The number of nitrogens with one attached hydrogen (secondary N) is 2. The first-order chi connectivity index (χ1) is 7.11. The van der Waals surface area contributed by atoms with Crippen molar-refractivity contribution in [1.82, 2.24) is 0 Å². The third kappa shape index (κ3) is 6.51. The van der Waals surface area contributed by atoms with Gasteiger partial charge in [-0.2, -0.15) is 0 Å². The summed E-state index contributed by atoms with van der Waals surface area (Å²) < 4.78 is 0. The maximum absolute atomic E-state index is 10.3. The number of guanidine groups is 1. The highest BCUT2D eigenvalue weighted by molar-refractivity contribution is 5.64. The third-order valence-electron chi connectivity index (χ3n) is 1.98. The van der Waals surface area contributed by atoms with Crippen molar-refractivity contribution in [3.8, 4) is 5.75 Å². The van der Waals surface area contributed by atoms with E-state index in [0.29, 0.717) is 0 Å². The summed E-state index contributed by atoms with van der Waals surface area (Å²) in [5.74, 6) is 0.317. The summed E-state index contributed by atoms with van der Waals surface area (Å²) in [4.78, 5) is 1.05. The lowest BCUT2D eigenvalue weighted by molar-refractivity contribution is -0.803. The summed E-state index contributed by atoms with van der Waals surface area (Å²) in [6.45, 7) is 5.85. The first kappa shape index (κ1) is 13.4. The number of rotatable bonds is 2. The highest BCUT2D eigenvalue weighted by Gasteiger charge is 2.03. The molecule has 0 unspecified atom stereocenters. The Kier molecular flexibility index (Phi) is 7.01. The van der Waals surface area contributed by atoms with E-state index in [9.17, 15) is 5.11 Å². The summed E-state index contributed by atoms with van der Waals surface area (Å²) in [5, 5.41) is 17.3. The molecule has 1 rings (SSSR count). The molecule has 1 aromatic rings. The van der Waals surface area contributed by atoms with Crippen LogP contribution in [0.25, 0.3) is 0 Å². The first-order valence-electron chi connectivity index (χ1n) is 5.02. The standard InChI is InChI=1S/C6H6O.C5H13N3/c7-6-4-2-1-3-5-6;1-3-8(4-2)5(6)7/h1-5,7H;3-4H2,1-2H3,(H3,6,7). The fourth-order valence-electron chi connectivity index (χ4n) is 1.05. The third-order valence-corrected chi connectivity index (χ3v) is 1.98. The second kappa shape index (κ2) is 7.82. The Morgan fingerprint density at radius 3 is 1.87 bits per heavy atom. The molecule has 0 aliphatic carbocycles. The van der Waals surface area contributed by atoms with Gasteiger partial charge in [-0.15, -0.1) is 5.75 Å². The monoisotopic (exact) mass is 209 g/mol. The SMILES string of the molecule is CC[NH+](CC)C(=N)N.[O-]c1ccccc1. The predicted molar refractivity (Wildman–Crippen MR) is 59.8 cm³/mol. The minimum absolute atomic E-state index is 0.0718. The summed E-state index contributed by atoms with van der Waals surface area (Å²) in [6.07, 6.45) is 0. The fraction of sp³-hybridized carbons (Fsp3) is 0.364. The van der Waals surface area contributed by atoms with Gasteiger partial charge >= 0.3 is 0 Å². The van der Waals surface area contributed by atoms with Crippen molar-refractivity contribution < 1.29 is 10.0 Å². The van der Waals surface area contributed by atoms with Crippen molar-refractivity contribution in [3.05, 3.63) is 30.3 Å². The molecular formula is C11H19N3O. The summed E-state index contributed by atoms with van der Waals surface area (Å²) in [5.41, 5.74) is 5.20. The van der Waals surface area contributed by atoms with E-state index in [1.807, 2.05) is 19.9 Å². The molecule has 4 N–H and O–H groups in total. The van der Waals surface area contributed by atoms with Crippen molar-refractivity contribution in [3.63, 3.8) is 0 Å². The molecule has 0 radical (unpaired) electrons. The number of quaternary nitrogens is 1. The van der Waals surface area contributed by atoms with Crippen LogP contribution in [0.15, 0.2) is 30.3 Å². The Labute approximate surface area is 90.8 Å². The molecule has 15 heavy (non-hydrogen) atoms. The van der Waals surface area contributed by atoms with E-state index in [0.717, 1.165) is 18.0 Å². The normalized spacial score (nSPS) is 9.27. The second-order valence-electron chi connectivity index (χ2n) is 3.04. The molecule has 4 nitrogen and oxygen atoms in total. The second-order valence-corrected chi connectivity index (χ2v) is 3.04. The lowest BCUT2D eigenvalue weighted by Gasteiger charge is -2.09. The highest BCUT2D eigenvalue weighted by atomic mass is 16.3. The van der Waals surface area contributed by atoms with E-state index in [4.69, 9.17) is 11.1 Å². The van der Waals surface area contributed by atoms with Crippen LogP contribution in [0.5, 0.6) is 5.75 Å². The molecule has 0 spiro atoms. The average Bonchev–Trinajstić information content (AvgIpc) is 2.21. The van der Waals surface area contributed by atoms with Gasteiger partial charge in [0.15, 0.2) is 0 Å². The molecule has 0 aliphatic rings. The maximum Gasteiger partial charge on any atom is 0.290 e. The Bertz CT molecular complexity index is 270. The van der Waals surface area contributed by atoms with Crippen molar-refractivity contribution in [2.45, 2.75) is 13.8 Å². The van der Waals surface area contributed by atoms with Crippen LogP contribution in [-0.4, -0.2) is 19.0 Å². The molecule has 84 valence electrons. The van der Waals surface area contributed by atoms with E-state index < -0.39 is 0 Å². The number of hydrogen-bond acceptors (Lipinski definition) is 2. The van der Waals surface area contributed by atoms with Crippen LogP contribution in [0.1, 0.15) is 13.8 Å². The molecular weight excluding hydrogens is 190 g/mol. The lowest BCUT2D eigenvalue weighted by atomic mass is 10.3. The Morgan fingerprint density at radius 2 is 1.73 bits per heavy atom. The molecule has 0 fully saturated rings. The van der Waals surface area contributed by atoms with Gasteiger partial charge in [0.05, 0.1) is 13.1 Å². The van der Waals surface area contributed by atoms with E-state index in [1.165, 1.54) is 12.1 Å². The number of nitrogens with two attached hydrogens (primary N) is 1. The van der Waals surface area contributed by atoms with Crippen LogP contribution in [0, 0.1) is 5.41 Å². The Balaban J connectivity index is 0.000000262. The van der Waals surface area contributed by atoms with Gasteiger partial charge in [-0.1, -0.05) is 30.3 Å². The van der Waals surface area contributed by atoms with Crippen molar-refractivity contribution in [1.29, 1.82) is 5.41 Å². The Hall–Kier alpha value is -1.55. The quantitative estimate of drug-likeness (QED) is 0.456. The van der Waals surface area contributed by atoms with E-state index in [-0.39, 0.29) is 11.7 Å². The number of benzene rings is 1. The van der Waals surface area contributed by atoms with Crippen LogP contribution >= 0.6 is 0 Å². The van der Waals surface area contributed by atoms with E-state index in [1.54, 1.807) is 12.1 Å². The van der Waals surface area contributed by atoms with Gasteiger partial charge in [-0.25, -0.2) is 5.41 Å². The molecule has 1 aromatic carbocycles. The van der Waals surface area contributed by atoms with Gasteiger partial charge in [0.1, 0.15) is 0 Å². The molecule has 0 saturated carbocycles. The van der Waals surface area contributed by atoms with Gasteiger partial charge in [-0.05, 0) is 13.8 Å². The first-order valence-corrected chi connectivity index (χ1v) is 5.02. The van der Waals surface area contributed by atoms with Crippen molar-refractivity contribution >= 4 is 5.96 Å². The summed E-state index contributed by atoms with van der Waals surface area (Å²) in [7, 11) is 0. The minimum Gasteiger partial charge on any atom is -0.872 e. The van der Waals surface area contributed by atoms with E-state index in [2.05, 4.69) is 0 Å². The Morgan fingerprint density at radius 1 is 1.27 bits per heavy atom. The molecule has 0 aromatic heterocycles. The van der Waals surface area contributed by atoms with Crippen LogP contribution < -0.4 is 15.7 Å². The molecule has 0 amide bonds. The van der Waals surface area contributed by atoms with Gasteiger partial charge in [0.2, 0.25) is 0 Å². The molecule has 0 heterocycles. The molecule has 0 bridgehead atoms. The maximum atomic E-state index is 10.3. The summed E-state index contributed by atoms with van der Waals surface area (Å²) in [6, 6.07) is 8.33. The number of para-hydroxylation sites is 1. The summed E-state index contributed by atoms with van der Waals surface area (Å²) >= 11 is 0. The molecule has 0 aliphatic heterocycles.